The van der Waals surface area contributed by atoms with E-state index in [1.54, 1.807) is 25.3 Å². The largest absolute Gasteiger partial charge is 0.495 e. The number of carbonyl (C=O) groups excluding carboxylic acids is 2. The second kappa shape index (κ2) is 12.7. The van der Waals surface area contributed by atoms with Gasteiger partial charge >= 0.3 is 6.18 Å². The van der Waals surface area contributed by atoms with Crippen molar-refractivity contribution < 1.29 is 32.2 Å². The van der Waals surface area contributed by atoms with Crippen LogP contribution in [0.25, 0.3) is 0 Å². The van der Waals surface area contributed by atoms with Gasteiger partial charge in [0.05, 0.1) is 30.0 Å². The zero-order chi connectivity index (χ0) is 29.7. The molecule has 1 atom stereocenters. The van der Waals surface area contributed by atoms with Gasteiger partial charge in [0.25, 0.3) is 11.8 Å². The average Bonchev–Trinajstić information content (AvgIpc) is 3.53. The zero-order valence-corrected chi connectivity index (χ0v) is 23.2. The van der Waals surface area contributed by atoms with Crippen molar-refractivity contribution in [3.63, 3.8) is 0 Å². The Morgan fingerprint density at radius 2 is 1.67 bits per heavy atom. The van der Waals surface area contributed by atoms with Crippen LogP contribution in [-0.4, -0.2) is 64.4 Å². The summed E-state index contributed by atoms with van der Waals surface area (Å²) in [5.41, 5.74) is 1.33. The summed E-state index contributed by atoms with van der Waals surface area (Å²) < 4.78 is 50.7. The summed E-state index contributed by atoms with van der Waals surface area (Å²) in [5, 5.41) is 5.60. The molecule has 11 heteroatoms. The SMILES string of the molecule is COc1ccccc1N1CCN(c2ccc(NC(=O)c3cccc(C(F)(F)F)c3)cc2C(=O)NCC2CCCO2)CC1. The Balaban J connectivity index is 1.35. The van der Waals surface area contributed by atoms with Crippen molar-refractivity contribution in [1.82, 2.24) is 5.32 Å². The minimum Gasteiger partial charge on any atom is -0.495 e. The molecule has 2 heterocycles. The molecule has 2 N–H and O–H groups in total. The minimum atomic E-state index is -4.57. The number of methoxy groups -OCH3 is 1. The first kappa shape index (κ1) is 29.2. The zero-order valence-electron chi connectivity index (χ0n) is 23.2. The summed E-state index contributed by atoms with van der Waals surface area (Å²) in [6, 6.07) is 17.0. The number of rotatable bonds is 8. The Kier molecular flexibility index (Phi) is 8.86. The quantitative estimate of drug-likeness (QED) is 0.380. The number of benzene rings is 3. The number of ether oxygens (including phenoxy) is 2. The molecule has 3 aromatic carbocycles. The van der Waals surface area contributed by atoms with E-state index in [0.717, 1.165) is 36.4 Å². The van der Waals surface area contributed by atoms with Crippen molar-refractivity contribution in [3.05, 3.63) is 83.4 Å². The molecule has 0 radical (unpaired) electrons. The van der Waals surface area contributed by atoms with Crippen molar-refractivity contribution in [2.24, 2.45) is 0 Å². The average molecular weight is 583 g/mol. The van der Waals surface area contributed by atoms with E-state index in [0.29, 0.717) is 56.3 Å². The Labute approximate surface area is 242 Å². The van der Waals surface area contributed by atoms with Gasteiger partial charge in [-0.25, -0.2) is 0 Å². The van der Waals surface area contributed by atoms with Crippen molar-refractivity contribution in [3.8, 4) is 5.75 Å². The summed E-state index contributed by atoms with van der Waals surface area (Å²) in [4.78, 5) is 30.7. The maximum absolute atomic E-state index is 13.4. The van der Waals surface area contributed by atoms with Crippen LogP contribution in [0.3, 0.4) is 0 Å². The highest BCUT2D eigenvalue weighted by atomic mass is 19.4. The van der Waals surface area contributed by atoms with Crippen LogP contribution in [0.4, 0.5) is 30.2 Å². The van der Waals surface area contributed by atoms with Gasteiger partial charge in [-0.15, -0.1) is 0 Å². The number of halogens is 3. The first-order valence-corrected chi connectivity index (χ1v) is 13.9. The van der Waals surface area contributed by atoms with Gasteiger partial charge in [0, 0.05) is 56.3 Å². The molecule has 0 bridgehead atoms. The van der Waals surface area contributed by atoms with Crippen molar-refractivity contribution in [1.29, 1.82) is 0 Å². The Morgan fingerprint density at radius 1 is 0.929 bits per heavy atom. The monoisotopic (exact) mass is 582 g/mol. The number of nitrogens with zero attached hydrogens (tertiary/aromatic N) is 2. The number of hydrogen-bond donors (Lipinski definition) is 2. The molecule has 3 aromatic rings. The number of amides is 2. The van der Waals surface area contributed by atoms with Gasteiger partial charge in [-0.1, -0.05) is 18.2 Å². The topological polar surface area (TPSA) is 83.1 Å². The van der Waals surface area contributed by atoms with Crippen LogP contribution in [0.1, 0.15) is 39.1 Å². The fraction of sp³-hybridized carbons (Fsp3) is 0.355. The summed E-state index contributed by atoms with van der Waals surface area (Å²) in [6.45, 7) is 3.71. The number of alkyl halides is 3. The maximum atomic E-state index is 13.4. The predicted molar refractivity (Wildman–Crippen MR) is 155 cm³/mol. The van der Waals surface area contributed by atoms with Crippen LogP contribution in [0.15, 0.2) is 66.7 Å². The lowest BCUT2D eigenvalue weighted by Gasteiger charge is -2.38. The van der Waals surface area contributed by atoms with Crippen LogP contribution in [0.2, 0.25) is 0 Å². The molecule has 2 aliphatic heterocycles. The van der Waals surface area contributed by atoms with E-state index < -0.39 is 17.6 Å². The number of para-hydroxylation sites is 2. The number of carbonyl (C=O) groups is 2. The summed E-state index contributed by atoms with van der Waals surface area (Å²) in [5.74, 6) is -0.228. The highest BCUT2D eigenvalue weighted by molar-refractivity contribution is 6.06. The van der Waals surface area contributed by atoms with Gasteiger partial charge in [0.1, 0.15) is 5.75 Å². The Morgan fingerprint density at radius 3 is 2.36 bits per heavy atom. The van der Waals surface area contributed by atoms with Gasteiger partial charge in [0.2, 0.25) is 0 Å². The summed E-state index contributed by atoms with van der Waals surface area (Å²) >= 11 is 0. The molecule has 0 spiro atoms. The first-order chi connectivity index (χ1) is 20.2. The smallest absolute Gasteiger partial charge is 0.416 e. The van der Waals surface area contributed by atoms with Gasteiger partial charge < -0.3 is 29.9 Å². The van der Waals surface area contributed by atoms with E-state index in [2.05, 4.69) is 20.4 Å². The Bertz CT molecular complexity index is 1420. The van der Waals surface area contributed by atoms with Crippen LogP contribution in [0.5, 0.6) is 5.75 Å². The normalized spacial score (nSPS) is 17.2. The number of piperazine rings is 1. The van der Waals surface area contributed by atoms with Gasteiger partial charge in [-0.2, -0.15) is 13.2 Å². The molecule has 5 rings (SSSR count). The molecule has 0 aliphatic carbocycles. The highest BCUT2D eigenvalue weighted by Gasteiger charge is 2.31. The molecule has 2 aliphatic rings. The molecular weight excluding hydrogens is 549 g/mol. The maximum Gasteiger partial charge on any atom is 0.416 e. The first-order valence-electron chi connectivity index (χ1n) is 13.9. The summed E-state index contributed by atoms with van der Waals surface area (Å²) in [6.07, 6.45) is -2.81. The lowest BCUT2D eigenvalue weighted by Crippen LogP contribution is -2.47. The molecule has 2 amide bonds. The molecule has 2 saturated heterocycles. The highest BCUT2D eigenvalue weighted by Crippen LogP contribution is 2.32. The third kappa shape index (κ3) is 6.79. The fourth-order valence-electron chi connectivity index (χ4n) is 5.30. The van der Waals surface area contributed by atoms with Crippen molar-refractivity contribution in [2.75, 3.05) is 61.6 Å². The number of hydrogen-bond acceptors (Lipinski definition) is 6. The standard InChI is InChI=1S/C31H33F3N4O4/c1-41-28-10-3-2-9-27(28)38-15-13-37(14-16-38)26-12-11-23(19-25(26)30(40)35-20-24-8-5-17-42-24)36-29(39)21-6-4-7-22(18-21)31(32,33)34/h2-4,6-7,9-12,18-19,24H,5,8,13-17,20H2,1H3,(H,35,40)(H,36,39). The van der Waals surface area contributed by atoms with Crippen LogP contribution in [-0.2, 0) is 10.9 Å². The Hall–Kier alpha value is -4.25. The van der Waals surface area contributed by atoms with Crippen LogP contribution < -0.4 is 25.2 Å². The van der Waals surface area contributed by atoms with Crippen LogP contribution in [0, 0.1) is 0 Å². The molecule has 222 valence electrons. The molecule has 8 nitrogen and oxygen atoms in total. The lowest BCUT2D eigenvalue weighted by molar-refractivity contribution is -0.137. The van der Waals surface area contributed by atoms with E-state index in [1.807, 2.05) is 24.3 Å². The van der Waals surface area contributed by atoms with E-state index in [1.165, 1.54) is 12.1 Å². The second-order valence-electron chi connectivity index (χ2n) is 10.3. The molecule has 2 fully saturated rings. The van der Waals surface area contributed by atoms with Gasteiger partial charge in [-0.3, -0.25) is 9.59 Å². The van der Waals surface area contributed by atoms with E-state index in [9.17, 15) is 22.8 Å². The second-order valence-corrected chi connectivity index (χ2v) is 10.3. The molecule has 1 unspecified atom stereocenters. The lowest BCUT2D eigenvalue weighted by atomic mass is 10.1. The number of nitrogens with one attached hydrogen (secondary N) is 2. The molecule has 42 heavy (non-hydrogen) atoms. The fourth-order valence-corrected chi connectivity index (χ4v) is 5.30. The molecule has 0 aromatic heterocycles. The third-order valence-corrected chi connectivity index (χ3v) is 7.51. The van der Waals surface area contributed by atoms with Crippen LogP contribution >= 0.6 is 0 Å². The van der Waals surface area contributed by atoms with E-state index in [-0.39, 0.29) is 17.6 Å². The van der Waals surface area contributed by atoms with Gasteiger partial charge in [-0.05, 0) is 61.4 Å². The minimum absolute atomic E-state index is 0.0504. The van der Waals surface area contributed by atoms with Crippen molar-refractivity contribution >= 4 is 28.9 Å². The summed E-state index contributed by atoms with van der Waals surface area (Å²) in [7, 11) is 1.64. The van der Waals surface area contributed by atoms with E-state index >= 15 is 0 Å². The van der Waals surface area contributed by atoms with Crippen molar-refractivity contribution in [2.45, 2.75) is 25.1 Å². The van der Waals surface area contributed by atoms with E-state index in [4.69, 9.17) is 9.47 Å². The van der Waals surface area contributed by atoms with Gasteiger partial charge in [0.15, 0.2) is 0 Å². The molecular formula is C31H33F3N4O4. The third-order valence-electron chi connectivity index (χ3n) is 7.51. The number of anilines is 3. The predicted octanol–water partition coefficient (Wildman–Crippen LogP) is 5.20. The molecule has 0 saturated carbocycles.